The van der Waals surface area contributed by atoms with E-state index in [1.165, 1.54) is 0 Å². The van der Waals surface area contributed by atoms with Crippen LogP contribution in [0.25, 0.3) is 0 Å². The van der Waals surface area contributed by atoms with Crippen LogP contribution in [0, 0.1) is 11.8 Å². The van der Waals surface area contributed by atoms with Crippen LogP contribution in [0.1, 0.15) is 30.4 Å². The third-order valence-corrected chi connectivity index (χ3v) is 2.71. The number of amides is 1. The fourth-order valence-electron chi connectivity index (χ4n) is 1.67. The van der Waals surface area contributed by atoms with Crippen molar-refractivity contribution < 1.29 is 14.6 Å². The number of methoxy groups -OCH3 is 1. The number of nitrogens with one attached hydrogen (secondary N) is 1. The number of rotatable bonds is 7. The highest BCUT2D eigenvalue weighted by Gasteiger charge is 2.03. The van der Waals surface area contributed by atoms with Gasteiger partial charge in [-0.2, -0.15) is 0 Å². The third-order valence-electron chi connectivity index (χ3n) is 2.71. The number of hydrogen-bond acceptors (Lipinski definition) is 3. The second-order valence-corrected chi connectivity index (χ2v) is 4.31. The Morgan fingerprint density at radius 3 is 2.95 bits per heavy atom. The molecule has 0 fully saturated rings. The number of carbonyl (C=O) groups is 1. The zero-order valence-electron chi connectivity index (χ0n) is 11.8. The lowest BCUT2D eigenvalue weighted by Gasteiger charge is -2.07. The number of ether oxygens (including phenoxy) is 1. The Morgan fingerprint density at radius 2 is 2.20 bits per heavy atom. The molecule has 1 aromatic rings. The van der Waals surface area contributed by atoms with E-state index in [0.717, 1.165) is 17.5 Å². The predicted octanol–water partition coefficient (Wildman–Crippen LogP) is 1.46. The Labute approximate surface area is 120 Å². The number of benzene rings is 1. The van der Waals surface area contributed by atoms with Crippen molar-refractivity contribution in [3.63, 3.8) is 0 Å². The maximum absolute atomic E-state index is 11.6. The van der Waals surface area contributed by atoms with E-state index in [2.05, 4.69) is 17.2 Å². The number of hydrogen-bond donors (Lipinski definition) is 2. The predicted molar refractivity (Wildman–Crippen MR) is 78.0 cm³/mol. The van der Waals surface area contributed by atoms with E-state index in [4.69, 9.17) is 9.84 Å². The highest BCUT2D eigenvalue weighted by Crippen LogP contribution is 2.07. The van der Waals surface area contributed by atoms with E-state index < -0.39 is 0 Å². The SMILES string of the molecule is COCCCC(=O)NCc1ccccc1C#CCCO. The largest absolute Gasteiger partial charge is 0.395 e. The first-order chi connectivity index (χ1) is 9.77. The van der Waals surface area contributed by atoms with Gasteiger partial charge in [0.2, 0.25) is 5.91 Å². The van der Waals surface area contributed by atoms with E-state index >= 15 is 0 Å². The van der Waals surface area contributed by atoms with Crippen LogP contribution in [0.5, 0.6) is 0 Å². The zero-order valence-corrected chi connectivity index (χ0v) is 11.8. The van der Waals surface area contributed by atoms with E-state index in [9.17, 15) is 4.79 Å². The Morgan fingerprint density at radius 1 is 1.40 bits per heavy atom. The smallest absolute Gasteiger partial charge is 0.220 e. The van der Waals surface area contributed by atoms with Gasteiger partial charge in [0.1, 0.15) is 0 Å². The molecule has 0 saturated carbocycles. The molecule has 0 radical (unpaired) electrons. The summed E-state index contributed by atoms with van der Waals surface area (Å²) < 4.78 is 4.91. The molecule has 4 heteroatoms. The van der Waals surface area contributed by atoms with Crippen molar-refractivity contribution in [1.82, 2.24) is 5.32 Å². The van der Waals surface area contributed by atoms with Crippen LogP contribution in [0.2, 0.25) is 0 Å². The molecule has 1 aromatic carbocycles. The van der Waals surface area contributed by atoms with Crippen molar-refractivity contribution in [3.8, 4) is 11.8 Å². The van der Waals surface area contributed by atoms with Crippen molar-refractivity contribution in [3.05, 3.63) is 35.4 Å². The minimum Gasteiger partial charge on any atom is -0.395 e. The Bertz CT molecular complexity index is 474. The maximum Gasteiger partial charge on any atom is 0.220 e. The van der Waals surface area contributed by atoms with Crippen molar-refractivity contribution in [2.75, 3.05) is 20.3 Å². The lowest BCUT2D eigenvalue weighted by molar-refractivity contribution is -0.121. The van der Waals surface area contributed by atoms with Gasteiger partial charge < -0.3 is 15.2 Å². The summed E-state index contributed by atoms with van der Waals surface area (Å²) in [4.78, 5) is 11.6. The van der Waals surface area contributed by atoms with E-state index in [-0.39, 0.29) is 12.5 Å². The zero-order chi connectivity index (χ0) is 14.6. The first-order valence-corrected chi connectivity index (χ1v) is 6.71. The van der Waals surface area contributed by atoms with E-state index in [0.29, 0.717) is 26.0 Å². The molecular formula is C16H21NO3. The summed E-state index contributed by atoms with van der Waals surface area (Å²) in [5.41, 5.74) is 1.87. The van der Waals surface area contributed by atoms with Gasteiger partial charge >= 0.3 is 0 Å². The molecule has 0 aromatic heterocycles. The first-order valence-electron chi connectivity index (χ1n) is 6.71. The molecule has 108 valence electrons. The minimum absolute atomic E-state index is 0.0140. The number of carbonyl (C=O) groups excluding carboxylic acids is 1. The van der Waals surface area contributed by atoms with Gasteiger partial charge in [-0.25, -0.2) is 0 Å². The molecule has 0 saturated heterocycles. The summed E-state index contributed by atoms with van der Waals surface area (Å²) in [5, 5.41) is 11.6. The normalized spacial score (nSPS) is 9.70. The standard InChI is InChI=1S/C16H21NO3/c1-20-12-6-10-16(19)17-13-15-9-3-2-7-14(15)8-4-5-11-18/h2-3,7,9,18H,5-6,10-13H2,1H3,(H,17,19). The lowest BCUT2D eigenvalue weighted by Crippen LogP contribution is -2.23. The third kappa shape index (κ3) is 6.37. The molecule has 0 atom stereocenters. The summed E-state index contributed by atoms with van der Waals surface area (Å²) in [6, 6.07) is 7.69. The molecule has 2 N–H and O–H groups in total. The second kappa shape index (κ2) is 10.0. The molecule has 0 unspecified atom stereocenters. The van der Waals surface area contributed by atoms with Crippen LogP contribution in [-0.4, -0.2) is 31.3 Å². The Hall–Kier alpha value is -1.83. The lowest BCUT2D eigenvalue weighted by atomic mass is 10.1. The van der Waals surface area contributed by atoms with Crippen LogP contribution >= 0.6 is 0 Å². The van der Waals surface area contributed by atoms with Crippen LogP contribution < -0.4 is 5.32 Å². The quantitative estimate of drug-likeness (QED) is 0.585. The molecule has 0 aliphatic heterocycles. The van der Waals surface area contributed by atoms with E-state index in [1.807, 2.05) is 24.3 Å². The minimum atomic E-state index is 0.0140. The average Bonchev–Trinajstić information content (AvgIpc) is 2.47. The van der Waals surface area contributed by atoms with Crippen LogP contribution in [0.15, 0.2) is 24.3 Å². The highest BCUT2D eigenvalue weighted by atomic mass is 16.5. The van der Waals surface area contributed by atoms with Crippen LogP contribution in [0.3, 0.4) is 0 Å². The van der Waals surface area contributed by atoms with Gasteiger partial charge in [0, 0.05) is 38.7 Å². The van der Waals surface area contributed by atoms with Crippen LogP contribution in [0.4, 0.5) is 0 Å². The average molecular weight is 275 g/mol. The van der Waals surface area contributed by atoms with Crippen LogP contribution in [-0.2, 0) is 16.1 Å². The summed E-state index contributed by atoms with van der Waals surface area (Å²) in [5.74, 6) is 5.92. The Balaban J connectivity index is 2.51. The van der Waals surface area contributed by atoms with Gasteiger partial charge in [0.15, 0.2) is 0 Å². The van der Waals surface area contributed by atoms with Gasteiger partial charge in [0.25, 0.3) is 0 Å². The molecule has 0 bridgehead atoms. The molecule has 0 aliphatic carbocycles. The van der Waals surface area contributed by atoms with Gasteiger partial charge in [-0.05, 0) is 18.1 Å². The van der Waals surface area contributed by atoms with Crippen molar-refractivity contribution >= 4 is 5.91 Å². The molecule has 0 heterocycles. The molecule has 0 aliphatic rings. The van der Waals surface area contributed by atoms with Crippen molar-refractivity contribution in [2.24, 2.45) is 0 Å². The maximum atomic E-state index is 11.6. The monoisotopic (exact) mass is 275 g/mol. The number of aliphatic hydroxyl groups excluding tert-OH is 1. The molecule has 0 spiro atoms. The van der Waals surface area contributed by atoms with Crippen molar-refractivity contribution in [1.29, 1.82) is 0 Å². The van der Waals surface area contributed by atoms with Crippen molar-refractivity contribution in [2.45, 2.75) is 25.8 Å². The molecule has 1 rings (SSSR count). The Kier molecular flexibility index (Phi) is 8.13. The summed E-state index contributed by atoms with van der Waals surface area (Å²) in [7, 11) is 1.62. The second-order valence-electron chi connectivity index (χ2n) is 4.31. The van der Waals surface area contributed by atoms with Gasteiger partial charge in [0.05, 0.1) is 6.61 Å². The highest BCUT2D eigenvalue weighted by molar-refractivity contribution is 5.75. The number of aliphatic hydroxyl groups is 1. The van der Waals surface area contributed by atoms with Gasteiger partial charge in [-0.3, -0.25) is 4.79 Å². The van der Waals surface area contributed by atoms with Gasteiger partial charge in [-0.1, -0.05) is 30.0 Å². The molecule has 4 nitrogen and oxygen atoms in total. The van der Waals surface area contributed by atoms with E-state index in [1.54, 1.807) is 7.11 Å². The summed E-state index contributed by atoms with van der Waals surface area (Å²) >= 11 is 0. The molecule has 1 amide bonds. The topological polar surface area (TPSA) is 58.6 Å². The molecular weight excluding hydrogens is 254 g/mol. The fourth-order valence-corrected chi connectivity index (χ4v) is 1.67. The first kappa shape index (κ1) is 16.2. The summed E-state index contributed by atoms with van der Waals surface area (Å²) in [6.07, 6.45) is 1.64. The fraction of sp³-hybridized carbons (Fsp3) is 0.438. The summed E-state index contributed by atoms with van der Waals surface area (Å²) in [6.45, 7) is 1.12. The van der Waals surface area contributed by atoms with Gasteiger partial charge in [-0.15, -0.1) is 0 Å². The molecule has 20 heavy (non-hydrogen) atoms.